The molecule has 0 spiro atoms. The number of pyridine rings is 1. The zero-order chi connectivity index (χ0) is 26.1. The van der Waals surface area contributed by atoms with Crippen molar-refractivity contribution >= 4 is 12.3 Å². The minimum atomic E-state index is -0.529. The zero-order valence-electron chi connectivity index (χ0n) is 21.2. The van der Waals surface area contributed by atoms with E-state index in [1.54, 1.807) is 12.1 Å². The second-order valence-corrected chi connectivity index (χ2v) is 9.84. The number of fused-ring (bicyclic) bond motifs is 1. The molecule has 2 aromatic carbocycles. The van der Waals surface area contributed by atoms with E-state index in [1.807, 2.05) is 13.0 Å². The molecule has 7 heteroatoms. The monoisotopic (exact) mass is 503 g/mol. The van der Waals surface area contributed by atoms with Gasteiger partial charge in [-0.2, -0.15) is 0 Å². The highest BCUT2D eigenvalue weighted by molar-refractivity contribution is 5.87. The number of benzene rings is 2. The van der Waals surface area contributed by atoms with Gasteiger partial charge in [0.25, 0.3) is 0 Å². The Morgan fingerprint density at radius 1 is 1.11 bits per heavy atom. The van der Waals surface area contributed by atoms with Crippen LogP contribution >= 0.6 is 0 Å². The predicted octanol–water partition coefficient (Wildman–Crippen LogP) is 6.08. The van der Waals surface area contributed by atoms with Gasteiger partial charge in [-0.3, -0.25) is 9.59 Å². The normalized spacial score (nSPS) is 18.2. The van der Waals surface area contributed by atoms with E-state index in [-0.39, 0.29) is 35.5 Å². The molecule has 3 atom stereocenters. The number of ether oxygens (including phenoxy) is 3. The van der Waals surface area contributed by atoms with Gasteiger partial charge in [0.15, 0.2) is 6.29 Å². The van der Waals surface area contributed by atoms with Crippen LogP contribution < -0.4 is 9.47 Å². The van der Waals surface area contributed by atoms with Gasteiger partial charge in [-0.05, 0) is 72.4 Å². The van der Waals surface area contributed by atoms with Crippen LogP contribution in [0.1, 0.15) is 65.3 Å². The number of hydrogen-bond donors (Lipinski definition) is 0. The third kappa shape index (κ3) is 4.95. The molecule has 6 nitrogen and oxygen atoms in total. The first-order valence-electron chi connectivity index (χ1n) is 12.6. The van der Waals surface area contributed by atoms with Crippen molar-refractivity contribution in [2.45, 2.75) is 44.6 Å². The zero-order valence-corrected chi connectivity index (χ0v) is 21.2. The number of hydrogen-bond acceptors (Lipinski definition) is 6. The van der Waals surface area contributed by atoms with Crippen LogP contribution in [-0.2, 0) is 16.0 Å². The second-order valence-electron chi connectivity index (χ2n) is 9.84. The Balaban J connectivity index is 1.43. The maximum absolute atomic E-state index is 14.5. The molecule has 1 saturated carbocycles. The third-order valence-corrected chi connectivity index (χ3v) is 7.52. The SMILES string of the molecule is COC(=O)[C@@H](C)[C@H](c1ccc2c(c1)OC(c1ccc(-c3nc(OC)ccc3F)c(C=O)c1)CC2)C1CC1. The largest absolute Gasteiger partial charge is 0.485 e. The Bertz CT molecular complexity index is 1340. The molecule has 0 amide bonds. The van der Waals surface area contributed by atoms with Gasteiger partial charge in [-0.15, -0.1) is 0 Å². The molecule has 3 aromatic rings. The predicted molar refractivity (Wildman–Crippen MR) is 136 cm³/mol. The maximum atomic E-state index is 14.5. The number of carbonyl (C=O) groups excluding carboxylic acids is 2. The Kier molecular flexibility index (Phi) is 6.96. The minimum Gasteiger partial charge on any atom is -0.485 e. The van der Waals surface area contributed by atoms with Crippen LogP contribution in [0, 0.1) is 17.7 Å². The van der Waals surface area contributed by atoms with Gasteiger partial charge >= 0.3 is 5.97 Å². The Morgan fingerprint density at radius 2 is 1.92 bits per heavy atom. The second kappa shape index (κ2) is 10.3. The van der Waals surface area contributed by atoms with Gasteiger partial charge in [0.1, 0.15) is 23.4 Å². The number of aryl methyl sites for hydroxylation is 1. The van der Waals surface area contributed by atoms with E-state index in [0.29, 0.717) is 23.3 Å². The molecule has 1 aromatic heterocycles. The van der Waals surface area contributed by atoms with Gasteiger partial charge in [0.2, 0.25) is 5.88 Å². The highest BCUT2D eigenvalue weighted by Crippen LogP contribution is 2.48. The van der Waals surface area contributed by atoms with E-state index in [2.05, 4.69) is 23.2 Å². The summed E-state index contributed by atoms with van der Waals surface area (Å²) in [6.07, 6.45) is 4.25. The number of rotatable bonds is 8. The molecule has 192 valence electrons. The van der Waals surface area contributed by atoms with E-state index >= 15 is 0 Å². The number of carbonyl (C=O) groups is 2. The number of methoxy groups -OCH3 is 2. The van der Waals surface area contributed by atoms with Crippen molar-refractivity contribution in [1.29, 1.82) is 0 Å². The van der Waals surface area contributed by atoms with Crippen molar-refractivity contribution < 1.29 is 28.2 Å². The molecule has 1 aliphatic heterocycles. The molecule has 37 heavy (non-hydrogen) atoms. The molecule has 5 rings (SSSR count). The number of nitrogens with zero attached hydrogens (tertiary/aromatic N) is 1. The summed E-state index contributed by atoms with van der Waals surface area (Å²) in [7, 11) is 2.89. The molecule has 0 N–H and O–H groups in total. The summed E-state index contributed by atoms with van der Waals surface area (Å²) in [6, 6.07) is 14.3. The fourth-order valence-corrected chi connectivity index (χ4v) is 5.41. The fraction of sp³-hybridized carbons (Fsp3) is 0.367. The Morgan fingerprint density at radius 3 is 2.62 bits per heavy atom. The van der Waals surface area contributed by atoms with Crippen molar-refractivity contribution in [2.24, 2.45) is 11.8 Å². The molecule has 1 unspecified atom stereocenters. The number of aromatic nitrogens is 1. The van der Waals surface area contributed by atoms with E-state index in [1.165, 1.54) is 26.4 Å². The quantitative estimate of drug-likeness (QED) is 0.274. The van der Waals surface area contributed by atoms with E-state index < -0.39 is 5.82 Å². The minimum absolute atomic E-state index is 0.0680. The standard InChI is InChI=1S/C30H30FNO5/c1-17(30(34)36-3)28(19-5-6-19)21-7-4-18-9-12-25(37-26(18)15-21)20-8-10-23(22(14-20)16-33)29-24(31)11-13-27(32-29)35-2/h4,7-8,10-11,13-17,19,25,28H,5-6,9,12H2,1-3H3/t17-,25?,28-/m0/s1. The van der Waals surface area contributed by atoms with Gasteiger partial charge in [0.05, 0.1) is 20.1 Å². The maximum Gasteiger partial charge on any atom is 0.309 e. The summed E-state index contributed by atoms with van der Waals surface area (Å²) in [5.74, 6) is 0.673. The van der Waals surface area contributed by atoms with E-state index in [0.717, 1.165) is 48.1 Å². The first-order valence-corrected chi connectivity index (χ1v) is 12.6. The smallest absolute Gasteiger partial charge is 0.309 e. The summed E-state index contributed by atoms with van der Waals surface area (Å²) in [6.45, 7) is 1.93. The van der Waals surface area contributed by atoms with Crippen LogP contribution in [0.5, 0.6) is 11.6 Å². The van der Waals surface area contributed by atoms with Crippen molar-refractivity contribution in [1.82, 2.24) is 4.98 Å². The lowest BCUT2D eigenvalue weighted by atomic mass is 9.82. The van der Waals surface area contributed by atoms with Crippen LogP contribution in [-0.4, -0.2) is 31.5 Å². The summed E-state index contributed by atoms with van der Waals surface area (Å²) in [4.78, 5) is 28.5. The van der Waals surface area contributed by atoms with Crippen LogP contribution in [0.25, 0.3) is 11.3 Å². The molecular weight excluding hydrogens is 473 g/mol. The first kappa shape index (κ1) is 24.9. The molecule has 0 bridgehead atoms. The summed E-state index contributed by atoms with van der Waals surface area (Å²) < 4.78 is 31.1. The van der Waals surface area contributed by atoms with E-state index in [4.69, 9.17) is 14.2 Å². The summed E-state index contributed by atoms with van der Waals surface area (Å²) in [5, 5.41) is 0. The van der Waals surface area contributed by atoms with Crippen LogP contribution in [0.3, 0.4) is 0 Å². The molecule has 1 aliphatic carbocycles. The molecule has 0 radical (unpaired) electrons. The molecular formula is C30H30FNO5. The average Bonchev–Trinajstić information content (AvgIpc) is 3.77. The lowest BCUT2D eigenvalue weighted by Crippen LogP contribution is -2.23. The van der Waals surface area contributed by atoms with E-state index in [9.17, 15) is 14.0 Å². The summed E-state index contributed by atoms with van der Waals surface area (Å²) in [5.41, 5.74) is 3.85. The highest BCUT2D eigenvalue weighted by Gasteiger charge is 2.39. The fourth-order valence-electron chi connectivity index (χ4n) is 5.41. The topological polar surface area (TPSA) is 74.7 Å². The number of halogens is 1. The number of aldehydes is 1. The first-order chi connectivity index (χ1) is 17.9. The van der Waals surface area contributed by atoms with Crippen LogP contribution in [0.15, 0.2) is 48.5 Å². The third-order valence-electron chi connectivity index (χ3n) is 7.52. The lowest BCUT2D eigenvalue weighted by molar-refractivity contribution is -0.145. The summed E-state index contributed by atoms with van der Waals surface area (Å²) >= 11 is 0. The molecule has 2 heterocycles. The van der Waals surface area contributed by atoms with Gasteiger partial charge in [-0.1, -0.05) is 31.2 Å². The Hall–Kier alpha value is -3.74. The number of esters is 1. The lowest BCUT2D eigenvalue weighted by Gasteiger charge is -2.29. The highest BCUT2D eigenvalue weighted by atomic mass is 19.1. The van der Waals surface area contributed by atoms with Crippen molar-refractivity contribution in [3.8, 4) is 22.9 Å². The molecule has 1 fully saturated rings. The molecule has 0 saturated heterocycles. The van der Waals surface area contributed by atoms with Crippen molar-refractivity contribution in [3.05, 3.63) is 76.6 Å². The van der Waals surface area contributed by atoms with Crippen LogP contribution in [0.2, 0.25) is 0 Å². The Labute approximate surface area is 215 Å². The van der Waals surface area contributed by atoms with Crippen molar-refractivity contribution in [3.63, 3.8) is 0 Å². The van der Waals surface area contributed by atoms with Gasteiger partial charge < -0.3 is 14.2 Å². The van der Waals surface area contributed by atoms with Crippen molar-refractivity contribution in [2.75, 3.05) is 14.2 Å². The molecule has 2 aliphatic rings. The average molecular weight is 504 g/mol. The van der Waals surface area contributed by atoms with Gasteiger partial charge in [0, 0.05) is 17.2 Å². The van der Waals surface area contributed by atoms with Gasteiger partial charge in [-0.25, -0.2) is 9.37 Å². The van der Waals surface area contributed by atoms with Crippen LogP contribution in [0.4, 0.5) is 4.39 Å².